The summed E-state index contributed by atoms with van der Waals surface area (Å²) in [5.74, 6) is 0.345. The van der Waals surface area contributed by atoms with Gasteiger partial charge in [-0.25, -0.2) is 9.69 Å². The van der Waals surface area contributed by atoms with Gasteiger partial charge in [0, 0.05) is 29.1 Å². The molecular weight excluding hydrogens is 574 g/mol. The van der Waals surface area contributed by atoms with Gasteiger partial charge >= 0.3 is 6.03 Å². The summed E-state index contributed by atoms with van der Waals surface area (Å²) in [4.78, 5) is 43.7. The zero-order valence-corrected chi connectivity index (χ0v) is 25.0. The number of amides is 4. The van der Waals surface area contributed by atoms with Crippen molar-refractivity contribution < 1.29 is 14.4 Å². The Balaban J connectivity index is 1.04. The zero-order valence-electron chi connectivity index (χ0n) is 24.2. The predicted molar refractivity (Wildman–Crippen MR) is 173 cm³/mol. The van der Waals surface area contributed by atoms with Crippen molar-refractivity contribution in [2.45, 2.75) is 42.5 Å². The number of rotatable bonds is 7. The molecular formula is C33H35N7O3S. The van der Waals surface area contributed by atoms with Crippen LogP contribution in [0.3, 0.4) is 0 Å². The van der Waals surface area contributed by atoms with Crippen LogP contribution in [0.4, 0.5) is 21.9 Å². The number of nitrogens with one attached hydrogen (secondary N) is 5. The maximum absolute atomic E-state index is 13.5. The molecule has 11 heteroatoms. The lowest BCUT2D eigenvalue weighted by Crippen LogP contribution is -2.60. The number of hydrogen-bond donors (Lipinski definition) is 5. The molecule has 4 aliphatic rings. The van der Waals surface area contributed by atoms with Gasteiger partial charge in [-0.3, -0.25) is 19.8 Å². The van der Waals surface area contributed by atoms with Crippen LogP contribution in [-0.2, 0) is 11.3 Å². The van der Waals surface area contributed by atoms with Crippen LogP contribution in [0.15, 0.2) is 90.3 Å². The molecule has 0 saturated carbocycles. The molecule has 3 aromatic rings. The quantitative estimate of drug-likeness (QED) is 0.272. The van der Waals surface area contributed by atoms with Crippen molar-refractivity contribution in [3.63, 3.8) is 0 Å². The fourth-order valence-corrected chi connectivity index (χ4v) is 7.71. The molecule has 0 bridgehead atoms. The van der Waals surface area contributed by atoms with Gasteiger partial charge in [0.25, 0.3) is 5.91 Å². The van der Waals surface area contributed by atoms with Crippen LogP contribution in [-0.4, -0.2) is 59.2 Å². The predicted octanol–water partition coefficient (Wildman–Crippen LogP) is 4.27. The molecule has 3 unspecified atom stereocenters. The van der Waals surface area contributed by atoms with Gasteiger partial charge in [-0.1, -0.05) is 36.8 Å². The molecule has 44 heavy (non-hydrogen) atoms. The van der Waals surface area contributed by atoms with E-state index in [-0.39, 0.29) is 23.2 Å². The molecule has 5 N–H and O–H groups in total. The van der Waals surface area contributed by atoms with Crippen LogP contribution in [0, 0.1) is 0 Å². The average Bonchev–Trinajstić information content (AvgIpc) is 3.43. The summed E-state index contributed by atoms with van der Waals surface area (Å²) >= 11 is 1.51. The first-order chi connectivity index (χ1) is 21.5. The molecule has 4 aliphatic heterocycles. The number of thioether (sulfide) groups is 1. The number of hydrogen-bond acceptors (Lipinski definition) is 7. The molecule has 7 rings (SSSR count). The van der Waals surface area contributed by atoms with E-state index in [9.17, 15) is 14.4 Å². The lowest BCUT2D eigenvalue weighted by molar-refractivity contribution is -0.115. The number of anilines is 3. The number of piperidine rings is 1. The van der Waals surface area contributed by atoms with Gasteiger partial charge in [-0.05, 0) is 80.0 Å². The van der Waals surface area contributed by atoms with E-state index in [0.29, 0.717) is 29.4 Å². The highest BCUT2D eigenvalue weighted by Gasteiger charge is 2.51. The standard InChI is InChI=1S/C33H35N7O3S/c41-30(22-7-3-1-4-8-22)36-24-13-15-25(16-14-24)40-29-26-27(38-33(40)43)28(44-32(26)35-20-34-29)31(42)37-23-11-9-21(10-12-23)19-39-17-5-2-6-18-39/h1,3-4,7-16,27-28,32,34-35H,2,5-6,17-20H2,(H,36,41)(H,37,42)(H,38,43). The Labute approximate surface area is 260 Å². The van der Waals surface area contributed by atoms with E-state index in [1.165, 1.54) is 36.6 Å². The normalized spacial score (nSPS) is 23.0. The first-order valence-electron chi connectivity index (χ1n) is 15.1. The Morgan fingerprint density at radius 1 is 0.864 bits per heavy atom. The minimum absolute atomic E-state index is 0.119. The lowest BCUT2D eigenvalue weighted by Gasteiger charge is -2.39. The summed E-state index contributed by atoms with van der Waals surface area (Å²) in [5, 5.41) is 15.2. The molecule has 4 amide bonds. The Morgan fingerprint density at radius 3 is 2.32 bits per heavy atom. The molecule has 4 heterocycles. The van der Waals surface area contributed by atoms with Crippen LogP contribution in [0.25, 0.3) is 0 Å². The third-order valence-electron chi connectivity index (χ3n) is 8.48. The Kier molecular flexibility index (Phi) is 7.99. The fraction of sp³-hybridized carbons (Fsp3) is 0.303. The van der Waals surface area contributed by atoms with Crippen LogP contribution < -0.4 is 31.5 Å². The maximum atomic E-state index is 13.5. The van der Waals surface area contributed by atoms with Gasteiger partial charge < -0.3 is 21.3 Å². The van der Waals surface area contributed by atoms with Crippen LogP contribution in [0.5, 0.6) is 0 Å². The topological polar surface area (TPSA) is 118 Å². The van der Waals surface area contributed by atoms with Crippen LogP contribution in [0.1, 0.15) is 35.2 Å². The minimum atomic E-state index is -0.493. The van der Waals surface area contributed by atoms with Gasteiger partial charge in [0.15, 0.2) is 0 Å². The van der Waals surface area contributed by atoms with E-state index < -0.39 is 11.3 Å². The lowest BCUT2D eigenvalue weighted by atomic mass is 9.99. The van der Waals surface area contributed by atoms with E-state index >= 15 is 0 Å². The second-order valence-electron chi connectivity index (χ2n) is 11.5. The van der Waals surface area contributed by atoms with E-state index in [1.54, 1.807) is 41.3 Å². The van der Waals surface area contributed by atoms with Crippen LogP contribution in [0.2, 0.25) is 0 Å². The minimum Gasteiger partial charge on any atom is -0.358 e. The van der Waals surface area contributed by atoms with Gasteiger partial charge in [-0.15, -0.1) is 11.8 Å². The molecule has 2 saturated heterocycles. The zero-order chi connectivity index (χ0) is 30.0. The van der Waals surface area contributed by atoms with Crippen LogP contribution >= 0.6 is 11.8 Å². The van der Waals surface area contributed by atoms with Gasteiger partial charge in [0.05, 0.1) is 23.8 Å². The Bertz CT molecular complexity index is 1570. The summed E-state index contributed by atoms with van der Waals surface area (Å²) in [5.41, 5.74) is 4.77. The first-order valence-corrected chi connectivity index (χ1v) is 16.0. The maximum Gasteiger partial charge on any atom is 0.328 e. The highest BCUT2D eigenvalue weighted by atomic mass is 32.2. The fourth-order valence-electron chi connectivity index (χ4n) is 6.27. The Morgan fingerprint density at radius 2 is 1.57 bits per heavy atom. The highest BCUT2D eigenvalue weighted by Crippen LogP contribution is 2.43. The number of benzene rings is 3. The number of urea groups is 1. The van der Waals surface area contributed by atoms with Crippen molar-refractivity contribution in [3.05, 3.63) is 101 Å². The number of carbonyl (C=O) groups is 3. The number of nitrogens with zero attached hydrogens (tertiary/aromatic N) is 2. The number of carbonyl (C=O) groups excluding carboxylic acids is 3. The second-order valence-corrected chi connectivity index (χ2v) is 12.7. The molecule has 3 aromatic carbocycles. The van der Waals surface area contributed by atoms with Gasteiger partial charge in [0.1, 0.15) is 11.1 Å². The summed E-state index contributed by atoms with van der Waals surface area (Å²) in [6.45, 7) is 3.68. The Hall–Kier alpha value is -4.32. The molecule has 2 fully saturated rings. The smallest absolute Gasteiger partial charge is 0.328 e. The second kappa shape index (κ2) is 12.4. The van der Waals surface area contributed by atoms with Crippen molar-refractivity contribution >= 4 is 46.7 Å². The van der Waals surface area contributed by atoms with Crippen molar-refractivity contribution in [1.29, 1.82) is 0 Å². The van der Waals surface area contributed by atoms with E-state index in [2.05, 4.69) is 43.6 Å². The van der Waals surface area contributed by atoms with E-state index in [4.69, 9.17) is 0 Å². The largest absolute Gasteiger partial charge is 0.358 e. The third-order valence-corrected chi connectivity index (χ3v) is 9.95. The van der Waals surface area contributed by atoms with E-state index in [1.807, 2.05) is 30.3 Å². The molecule has 0 aromatic heterocycles. The monoisotopic (exact) mass is 609 g/mol. The summed E-state index contributed by atoms with van der Waals surface area (Å²) in [6.07, 6.45) is 3.83. The third kappa shape index (κ3) is 5.78. The first kappa shape index (κ1) is 28.5. The molecule has 0 spiro atoms. The molecule has 10 nitrogen and oxygen atoms in total. The van der Waals surface area contributed by atoms with Gasteiger partial charge in [-0.2, -0.15) is 0 Å². The summed E-state index contributed by atoms with van der Waals surface area (Å²) < 4.78 is 0. The van der Waals surface area contributed by atoms with Crippen molar-refractivity contribution in [1.82, 2.24) is 20.9 Å². The van der Waals surface area contributed by atoms with Gasteiger partial charge in [0.2, 0.25) is 5.91 Å². The molecule has 0 aliphatic carbocycles. The SMILES string of the molecule is O=C(Nc1ccc(N2C(=O)NC3C4=C2NCNC4SC3C(=O)Nc2ccc(CN3CCCCC3)cc2)cc1)c1ccccc1. The summed E-state index contributed by atoms with van der Waals surface area (Å²) in [7, 11) is 0. The molecule has 3 atom stereocenters. The van der Waals surface area contributed by atoms with Crippen molar-refractivity contribution in [2.75, 3.05) is 35.3 Å². The van der Waals surface area contributed by atoms with Crippen molar-refractivity contribution in [2.24, 2.45) is 0 Å². The van der Waals surface area contributed by atoms with E-state index in [0.717, 1.165) is 30.9 Å². The summed E-state index contributed by atoms with van der Waals surface area (Å²) in [6, 6.07) is 23.5. The molecule has 226 valence electrons. The molecule has 0 radical (unpaired) electrons. The highest BCUT2D eigenvalue weighted by molar-refractivity contribution is 8.01. The number of likely N-dealkylation sites (tertiary alicyclic amines) is 1. The van der Waals surface area contributed by atoms with Crippen molar-refractivity contribution in [3.8, 4) is 0 Å². The average molecular weight is 610 g/mol.